The molecule has 16 heavy (non-hydrogen) atoms. The van der Waals surface area contributed by atoms with Gasteiger partial charge in [0.05, 0.1) is 4.47 Å². The lowest BCUT2D eigenvalue weighted by atomic mass is 10.2. The Morgan fingerprint density at radius 3 is 3.06 bits per heavy atom. The number of nitrogens with two attached hydrogens (primary N) is 1. The van der Waals surface area contributed by atoms with Crippen LogP contribution < -0.4 is 5.73 Å². The average Bonchev–Trinajstić information content (AvgIpc) is 2.72. The standard InChI is InChI=1S/C12H16BrFN2/c13-12-9(3-1-5-11(12)14)8-16-6-2-4-10(16)7-15/h1,3,5,10H,2,4,6-8,15H2. The quantitative estimate of drug-likeness (QED) is 0.925. The third kappa shape index (κ3) is 2.44. The van der Waals surface area contributed by atoms with Crippen molar-refractivity contribution in [1.29, 1.82) is 0 Å². The van der Waals surface area contributed by atoms with Crippen molar-refractivity contribution < 1.29 is 4.39 Å². The van der Waals surface area contributed by atoms with Crippen LogP contribution in [0.1, 0.15) is 18.4 Å². The molecule has 1 aliphatic rings. The summed E-state index contributed by atoms with van der Waals surface area (Å²) >= 11 is 3.30. The summed E-state index contributed by atoms with van der Waals surface area (Å²) in [5, 5.41) is 0. The van der Waals surface area contributed by atoms with Crippen LogP contribution in [-0.2, 0) is 6.54 Å². The molecule has 0 radical (unpaired) electrons. The monoisotopic (exact) mass is 286 g/mol. The molecule has 88 valence electrons. The summed E-state index contributed by atoms with van der Waals surface area (Å²) in [6.45, 7) is 2.53. The van der Waals surface area contributed by atoms with E-state index in [9.17, 15) is 4.39 Å². The molecule has 1 unspecified atom stereocenters. The highest BCUT2D eigenvalue weighted by Gasteiger charge is 2.23. The van der Waals surface area contributed by atoms with Crippen molar-refractivity contribution in [1.82, 2.24) is 4.90 Å². The molecule has 0 aromatic heterocycles. The van der Waals surface area contributed by atoms with E-state index >= 15 is 0 Å². The Kier molecular flexibility index (Phi) is 3.95. The van der Waals surface area contributed by atoms with Gasteiger partial charge in [0, 0.05) is 19.1 Å². The van der Waals surface area contributed by atoms with Crippen molar-refractivity contribution in [2.75, 3.05) is 13.1 Å². The topological polar surface area (TPSA) is 29.3 Å². The normalized spacial score (nSPS) is 21.6. The Balaban J connectivity index is 2.11. The van der Waals surface area contributed by atoms with Gasteiger partial charge in [-0.15, -0.1) is 0 Å². The number of hydrogen-bond acceptors (Lipinski definition) is 2. The molecule has 1 aliphatic heterocycles. The average molecular weight is 287 g/mol. The van der Waals surface area contributed by atoms with E-state index in [4.69, 9.17) is 5.73 Å². The number of likely N-dealkylation sites (tertiary alicyclic amines) is 1. The number of nitrogens with zero attached hydrogens (tertiary/aromatic N) is 1. The molecule has 0 bridgehead atoms. The molecular formula is C12H16BrFN2. The molecule has 0 aliphatic carbocycles. The smallest absolute Gasteiger partial charge is 0.137 e. The number of rotatable bonds is 3. The number of hydrogen-bond donors (Lipinski definition) is 1. The Labute approximate surface area is 104 Å². The van der Waals surface area contributed by atoms with Crippen molar-refractivity contribution >= 4 is 15.9 Å². The minimum absolute atomic E-state index is 0.194. The highest BCUT2D eigenvalue weighted by atomic mass is 79.9. The second-order valence-corrected chi connectivity index (χ2v) is 5.01. The van der Waals surface area contributed by atoms with Crippen molar-refractivity contribution in [3.63, 3.8) is 0 Å². The largest absolute Gasteiger partial charge is 0.329 e. The third-order valence-corrected chi connectivity index (χ3v) is 4.06. The van der Waals surface area contributed by atoms with E-state index in [0.29, 0.717) is 17.1 Å². The fourth-order valence-corrected chi connectivity index (χ4v) is 2.65. The van der Waals surface area contributed by atoms with Crippen LogP contribution in [0.4, 0.5) is 4.39 Å². The molecule has 0 saturated carbocycles. The highest BCUT2D eigenvalue weighted by Crippen LogP contribution is 2.25. The van der Waals surface area contributed by atoms with E-state index in [1.165, 1.54) is 12.5 Å². The first kappa shape index (κ1) is 12.0. The predicted molar refractivity (Wildman–Crippen MR) is 66.6 cm³/mol. The maximum absolute atomic E-state index is 13.3. The Morgan fingerprint density at radius 1 is 1.50 bits per heavy atom. The van der Waals surface area contributed by atoms with Crippen molar-refractivity contribution in [3.05, 3.63) is 34.1 Å². The van der Waals surface area contributed by atoms with E-state index in [1.54, 1.807) is 6.07 Å². The van der Waals surface area contributed by atoms with Gasteiger partial charge in [-0.25, -0.2) is 4.39 Å². The van der Waals surface area contributed by atoms with Crippen LogP contribution in [0.25, 0.3) is 0 Å². The molecule has 1 aromatic carbocycles. The van der Waals surface area contributed by atoms with Crippen LogP contribution in [0.2, 0.25) is 0 Å². The van der Waals surface area contributed by atoms with E-state index in [-0.39, 0.29) is 5.82 Å². The first-order chi connectivity index (χ1) is 7.72. The molecule has 0 amide bonds. The van der Waals surface area contributed by atoms with Crippen LogP contribution in [0.3, 0.4) is 0 Å². The minimum Gasteiger partial charge on any atom is -0.329 e. The Bertz CT molecular complexity index is 370. The lowest BCUT2D eigenvalue weighted by Gasteiger charge is -2.23. The first-order valence-electron chi connectivity index (χ1n) is 5.59. The predicted octanol–water partition coefficient (Wildman–Crippen LogP) is 2.51. The van der Waals surface area contributed by atoms with E-state index in [0.717, 1.165) is 25.1 Å². The van der Waals surface area contributed by atoms with Gasteiger partial charge < -0.3 is 5.73 Å². The van der Waals surface area contributed by atoms with Gasteiger partial charge in [-0.1, -0.05) is 12.1 Å². The van der Waals surface area contributed by atoms with Gasteiger partial charge >= 0.3 is 0 Å². The van der Waals surface area contributed by atoms with Crippen molar-refractivity contribution in [2.24, 2.45) is 5.73 Å². The molecular weight excluding hydrogens is 271 g/mol. The van der Waals surface area contributed by atoms with Crippen LogP contribution in [0, 0.1) is 5.82 Å². The first-order valence-corrected chi connectivity index (χ1v) is 6.38. The van der Waals surface area contributed by atoms with Gasteiger partial charge in [-0.05, 0) is 46.9 Å². The van der Waals surface area contributed by atoms with Crippen molar-refractivity contribution in [3.8, 4) is 0 Å². The zero-order chi connectivity index (χ0) is 11.5. The Hall–Kier alpha value is -0.450. The molecule has 2 N–H and O–H groups in total. The van der Waals surface area contributed by atoms with Crippen LogP contribution in [0.5, 0.6) is 0 Å². The third-order valence-electron chi connectivity index (χ3n) is 3.18. The summed E-state index contributed by atoms with van der Waals surface area (Å²) in [5.74, 6) is -0.194. The number of benzene rings is 1. The van der Waals surface area contributed by atoms with Crippen molar-refractivity contribution in [2.45, 2.75) is 25.4 Å². The lowest BCUT2D eigenvalue weighted by Crippen LogP contribution is -2.34. The molecule has 4 heteroatoms. The van der Waals surface area contributed by atoms with E-state index in [2.05, 4.69) is 20.8 Å². The second kappa shape index (κ2) is 5.25. The summed E-state index contributed by atoms with van der Waals surface area (Å²) in [7, 11) is 0. The van der Waals surface area contributed by atoms with Crippen LogP contribution in [0.15, 0.2) is 22.7 Å². The second-order valence-electron chi connectivity index (χ2n) is 4.22. The molecule has 2 rings (SSSR count). The van der Waals surface area contributed by atoms with Gasteiger partial charge in [0.25, 0.3) is 0 Å². The summed E-state index contributed by atoms with van der Waals surface area (Å²) in [5.41, 5.74) is 6.72. The van der Waals surface area contributed by atoms with Gasteiger partial charge in [-0.2, -0.15) is 0 Å². The number of halogens is 2. The van der Waals surface area contributed by atoms with E-state index < -0.39 is 0 Å². The van der Waals surface area contributed by atoms with Gasteiger partial charge in [0.2, 0.25) is 0 Å². The van der Waals surface area contributed by atoms with Crippen LogP contribution in [-0.4, -0.2) is 24.0 Å². The molecule has 0 spiro atoms. The maximum atomic E-state index is 13.3. The minimum atomic E-state index is -0.194. The molecule has 1 atom stereocenters. The SMILES string of the molecule is NCC1CCCN1Cc1cccc(F)c1Br. The summed E-state index contributed by atoms with van der Waals surface area (Å²) in [4.78, 5) is 2.33. The molecule has 1 fully saturated rings. The zero-order valence-corrected chi connectivity index (χ0v) is 10.7. The van der Waals surface area contributed by atoms with Crippen LogP contribution >= 0.6 is 15.9 Å². The summed E-state index contributed by atoms with van der Waals surface area (Å²) in [6.07, 6.45) is 2.35. The lowest BCUT2D eigenvalue weighted by molar-refractivity contribution is 0.249. The summed E-state index contributed by atoms with van der Waals surface area (Å²) in [6, 6.07) is 5.63. The van der Waals surface area contributed by atoms with Gasteiger partial charge in [0.1, 0.15) is 5.82 Å². The maximum Gasteiger partial charge on any atom is 0.137 e. The molecule has 2 nitrogen and oxygen atoms in total. The van der Waals surface area contributed by atoms with Gasteiger partial charge in [-0.3, -0.25) is 4.90 Å². The molecule has 1 saturated heterocycles. The fourth-order valence-electron chi connectivity index (χ4n) is 2.26. The highest BCUT2D eigenvalue weighted by molar-refractivity contribution is 9.10. The molecule has 1 heterocycles. The zero-order valence-electron chi connectivity index (χ0n) is 9.13. The fraction of sp³-hybridized carbons (Fsp3) is 0.500. The van der Waals surface area contributed by atoms with E-state index in [1.807, 2.05) is 6.07 Å². The van der Waals surface area contributed by atoms with Gasteiger partial charge in [0.15, 0.2) is 0 Å². The summed E-state index contributed by atoms with van der Waals surface area (Å²) < 4.78 is 13.9. The molecule has 1 aromatic rings. The Morgan fingerprint density at radius 2 is 2.31 bits per heavy atom.